The Hall–Kier alpha value is -1.36. The van der Waals surface area contributed by atoms with Crippen LogP contribution < -0.4 is 10.6 Å². The normalized spacial score (nSPS) is 14.8. The van der Waals surface area contributed by atoms with Crippen LogP contribution in [-0.2, 0) is 6.42 Å². The Bertz CT molecular complexity index is 574. The van der Waals surface area contributed by atoms with Crippen LogP contribution in [0.1, 0.15) is 31.6 Å². The van der Waals surface area contributed by atoms with Crippen molar-refractivity contribution >= 4 is 33.3 Å². The van der Waals surface area contributed by atoms with Gasteiger partial charge in [0, 0.05) is 18.0 Å². The van der Waals surface area contributed by atoms with Gasteiger partial charge in [-0.15, -0.1) is 11.3 Å². The fourth-order valence-corrected chi connectivity index (χ4v) is 3.05. The third kappa shape index (κ3) is 2.81. The first-order valence-electron chi connectivity index (χ1n) is 7.08. The number of aryl methyl sites for hydroxylation is 1. The zero-order valence-corrected chi connectivity index (χ0v) is 12.3. The van der Waals surface area contributed by atoms with Gasteiger partial charge in [0.15, 0.2) is 0 Å². The van der Waals surface area contributed by atoms with Crippen molar-refractivity contribution in [2.75, 3.05) is 23.7 Å². The van der Waals surface area contributed by atoms with E-state index < -0.39 is 0 Å². The summed E-state index contributed by atoms with van der Waals surface area (Å²) in [5, 5.41) is 7.89. The molecule has 0 bridgehead atoms. The van der Waals surface area contributed by atoms with E-state index in [1.807, 2.05) is 0 Å². The van der Waals surface area contributed by atoms with Crippen molar-refractivity contribution in [3.05, 3.63) is 10.9 Å². The Morgan fingerprint density at radius 1 is 1.26 bits per heavy atom. The Kier molecular flexibility index (Phi) is 3.55. The van der Waals surface area contributed by atoms with E-state index in [2.05, 4.69) is 40.5 Å². The second-order valence-electron chi connectivity index (χ2n) is 5.04. The molecule has 3 rings (SSSR count). The molecule has 2 aromatic heterocycles. The minimum absolute atomic E-state index is 0.734. The van der Waals surface area contributed by atoms with Gasteiger partial charge in [0.1, 0.15) is 10.6 Å². The average Bonchev–Trinajstić information content (AvgIpc) is 3.14. The minimum atomic E-state index is 0.734. The lowest BCUT2D eigenvalue weighted by Gasteiger charge is -2.08. The maximum absolute atomic E-state index is 4.61. The van der Waals surface area contributed by atoms with Crippen molar-refractivity contribution in [3.8, 4) is 0 Å². The fraction of sp³-hybridized carbons (Fsp3) is 0.571. The largest absolute Gasteiger partial charge is 0.369 e. The molecule has 0 spiro atoms. The molecule has 0 aliphatic heterocycles. The first-order chi connectivity index (χ1) is 9.30. The molecule has 1 fully saturated rings. The van der Waals surface area contributed by atoms with Gasteiger partial charge in [-0.25, -0.2) is 4.98 Å². The summed E-state index contributed by atoms with van der Waals surface area (Å²) in [4.78, 5) is 11.7. The van der Waals surface area contributed by atoms with Crippen LogP contribution in [0.15, 0.2) is 6.07 Å². The van der Waals surface area contributed by atoms with Gasteiger partial charge in [0.05, 0.1) is 5.39 Å². The lowest BCUT2D eigenvalue weighted by atomic mass is 10.3. The van der Waals surface area contributed by atoms with Crippen molar-refractivity contribution in [1.82, 2.24) is 9.97 Å². The molecule has 1 aliphatic rings. The van der Waals surface area contributed by atoms with E-state index in [1.165, 1.54) is 23.1 Å². The molecule has 0 amide bonds. The third-order valence-electron chi connectivity index (χ3n) is 3.38. The van der Waals surface area contributed by atoms with Gasteiger partial charge in [-0.1, -0.05) is 6.92 Å². The van der Waals surface area contributed by atoms with E-state index in [9.17, 15) is 0 Å². The van der Waals surface area contributed by atoms with Crippen LogP contribution in [0.5, 0.6) is 0 Å². The summed E-state index contributed by atoms with van der Waals surface area (Å²) in [6.07, 6.45) is 3.76. The number of hydrogen-bond acceptors (Lipinski definition) is 5. The van der Waals surface area contributed by atoms with Crippen molar-refractivity contribution < 1.29 is 0 Å². The molecule has 5 heteroatoms. The molecule has 2 N–H and O–H groups in total. The molecule has 2 aromatic rings. The summed E-state index contributed by atoms with van der Waals surface area (Å²) in [5.41, 5.74) is 0. The van der Waals surface area contributed by atoms with E-state index in [1.54, 1.807) is 11.3 Å². The fourth-order valence-electron chi connectivity index (χ4n) is 2.08. The number of nitrogens with one attached hydrogen (secondary N) is 2. The highest BCUT2D eigenvalue weighted by Gasteiger charge is 2.21. The molecule has 1 aliphatic carbocycles. The molecule has 0 saturated heterocycles. The number of hydrogen-bond donors (Lipinski definition) is 2. The van der Waals surface area contributed by atoms with Crippen LogP contribution >= 0.6 is 11.3 Å². The molecular formula is C14H20N4S. The quantitative estimate of drug-likeness (QED) is 0.847. The summed E-state index contributed by atoms with van der Waals surface area (Å²) < 4.78 is 0. The zero-order chi connectivity index (χ0) is 13.2. The van der Waals surface area contributed by atoms with E-state index >= 15 is 0 Å². The van der Waals surface area contributed by atoms with Crippen LogP contribution in [-0.4, -0.2) is 23.1 Å². The first kappa shape index (κ1) is 12.7. The molecular weight excluding hydrogens is 256 g/mol. The molecule has 1 saturated carbocycles. The van der Waals surface area contributed by atoms with Gasteiger partial charge in [-0.3, -0.25) is 0 Å². The summed E-state index contributed by atoms with van der Waals surface area (Å²) in [7, 11) is 0. The van der Waals surface area contributed by atoms with Crippen LogP contribution in [0.25, 0.3) is 10.2 Å². The third-order valence-corrected chi connectivity index (χ3v) is 4.56. The van der Waals surface area contributed by atoms with Crippen molar-refractivity contribution in [3.63, 3.8) is 0 Å². The lowest BCUT2D eigenvalue weighted by molar-refractivity contribution is 0.883. The topological polar surface area (TPSA) is 49.8 Å². The number of aromatic nitrogens is 2. The Morgan fingerprint density at radius 2 is 2.11 bits per heavy atom. The predicted octanol–water partition coefficient (Wildman–Crippen LogP) is 3.51. The molecule has 0 unspecified atom stereocenters. The second kappa shape index (κ2) is 5.33. The number of thiophene rings is 1. The van der Waals surface area contributed by atoms with Crippen LogP contribution in [0.3, 0.4) is 0 Å². The Morgan fingerprint density at radius 3 is 2.79 bits per heavy atom. The van der Waals surface area contributed by atoms with Gasteiger partial charge < -0.3 is 10.6 Å². The maximum atomic E-state index is 4.61. The molecule has 102 valence electrons. The van der Waals surface area contributed by atoms with Crippen LogP contribution in [0, 0.1) is 5.92 Å². The SMILES string of the molecule is CCNc1nc(NCC2CC2)c2cc(CC)sc2n1. The summed E-state index contributed by atoms with van der Waals surface area (Å²) >= 11 is 1.77. The standard InChI is InChI=1S/C14H20N4S/c1-3-10-7-11-12(16-8-9-5-6-9)17-14(15-4-2)18-13(11)19-10/h7,9H,3-6,8H2,1-2H3,(H2,15,16,17,18). The number of anilines is 2. The molecule has 4 nitrogen and oxygen atoms in total. The molecule has 0 radical (unpaired) electrons. The Labute approximate surface area is 117 Å². The molecule has 2 heterocycles. The van der Waals surface area contributed by atoms with E-state index in [0.717, 1.165) is 42.0 Å². The smallest absolute Gasteiger partial charge is 0.226 e. The zero-order valence-electron chi connectivity index (χ0n) is 11.5. The first-order valence-corrected chi connectivity index (χ1v) is 7.90. The van der Waals surface area contributed by atoms with Crippen molar-refractivity contribution in [1.29, 1.82) is 0 Å². The van der Waals surface area contributed by atoms with Gasteiger partial charge in [-0.2, -0.15) is 4.98 Å². The second-order valence-corrected chi connectivity index (χ2v) is 6.15. The highest BCUT2D eigenvalue weighted by atomic mass is 32.1. The van der Waals surface area contributed by atoms with E-state index in [0.29, 0.717) is 0 Å². The number of fused-ring (bicyclic) bond motifs is 1. The highest BCUT2D eigenvalue weighted by molar-refractivity contribution is 7.18. The number of rotatable bonds is 6. The molecule has 0 atom stereocenters. The summed E-state index contributed by atoms with van der Waals surface area (Å²) in [6.45, 7) is 6.13. The van der Waals surface area contributed by atoms with E-state index in [4.69, 9.17) is 0 Å². The van der Waals surface area contributed by atoms with Gasteiger partial charge in [0.25, 0.3) is 0 Å². The highest BCUT2D eigenvalue weighted by Crippen LogP contribution is 2.33. The van der Waals surface area contributed by atoms with Crippen LogP contribution in [0.4, 0.5) is 11.8 Å². The number of nitrogens with zero attached hydrogens (tertiary/aromatic N) is 2. The van der Waals surface area contributed by atoms with Gasteiger partial charge in [-0.05, 0) is 38.2 Å². The predicted molar refractivity (Wildman–Crippen MR) is 82.2 cm³/mol. The summed E-state index contributed by atoms with van der Waals surface area (Å²) in [5.74, 6) is 2.57. The van der Waals surface area contributed by atoms with Crippen molar-refractivity contribution in [2.24, 2.45) is 5.92 Å². The van der Waals surface area contributed by atoms with E-state index in [-0.39, 0.29) is 0 Å². The minimum Gasteiger partial charge on any atom is -0.369 e. The molecule has 0 aromatic carbocycles. The monoisotopic (exact) mass is 276 g/mol. The average molecular weight is 276 g/mol. The van der Waals surface area contributed by atoms with Crippen LogP contribution in [0.2, 0.25) is 0 Å². The van der Waals surface area contributed by atoms with Crippen molar-refractivity contribution in [2.45, 2.75) is 33.1 Å². The maximum Gasteiger partial charge on any atom is 0.226 e. The van der Waals surface area contributed by atoms with Gasteiger partial charge >= 0.3 is 0 Å². The van der Waals surface area contributed by atoms with Gasteiger partial charge in [0.2, 0.25) is 5.95 Å². The Balaban J connectivity index is 1.95. The lowest BCUT2D eigenvalue weighted by Crippen LogP contribution is -2.08. The summed E-state index contributed by atoms with van der Waals surface area (Å²) in [6, 6.07) is 2.23. The molecule has 19 heavy (non-hydrogen) atoms.